The number of ether oxygens (including phenoxy) is 2. The van der Waals surface area contributed by atoms with Gasteiger partial charge >= 0.3 is 0 Å². The zero-order valence-electron chi connectivity index (χ0n) is 10.4. The summed E-state index contributed by atoms with van der Waals surface area (Å²) in [6.07, 6.45) is 2.13. The molecule has 6 heteroatoms. The van der Waals surface area contributed by atoms with E-state index in [1.54, 1.807) is 11.8 Å². The van der Waals surface area contributed by atoms with Crippen LogP contribution >= 0.6 is 23.4 Å². The van der Waals surface area contributed by atoms with Crippen molar-refractivity contribution in [1.82, 2.24) is 9.97 Å². The number of halogens is 1. The van der Waals surface area contributed by atoms with E-state index < -0.39 is 0 Å². The number of hydrogen-bond acceptors (Lipinski definition) is 5. The van der Waals surface area contributed by atoms with E-state index in [4.69, 9.17) is 21.1 Å². The Labute approximate surface area is 116 Å². The standard InChI is InChI=1S/C12H17ClN2O2S/c1-2-16-8-11-14-10(13)7-12(15-11)18-9-3-5-17-6-4-9/h7,9H,2-6,8H2,1H3. The van der Waals surface area contributed by atoms with Crippen LogP contribution in [0.25, 0.3) is 0 Å². The summed E-state index contributed by atoms with van der Waals surface area (Å²) in [5.74, 6) is 0.652. The van der Waals surface area contributed by atoms with Gasteiger partial charge in [0.15, 0.2) is 5.82 Å². The lowest BCUT2D eigenvalue weighted by Crippen LogP contribution is -2.17. The van der Waals surface area contributed by atoms with Crippen LogP contribution in [0.5, 0.6) is 0 Å². The maximum absolute atomic E-state index is 6.00. The monoisotopic (exact) mass is 288 g/mol. The number of rotatable bonds is 5. The summed E-state index contributed by atoms with van der Waals surface area (Å²) in [6.45, 7) is 4.68. The first kappa shape index (κ1) is 14.1. The van der Waals surface area contributed by atoms with Crippen LogP contribution < -0.4 is 0 Å². The van der Waals surface area contributed by atoms with Crippen LogP contribution in [0, 0.1) is 0 Å². The molecule has 0 N–H and O–H groups in total. The Kier molecular flexibility index (Phi) is 5.69. The summed E-state index contributed by atoms with van der Waals surface area (Å²) in [7, 11) is 0. The summed E-state index contributed by atoms with van der Waals surface area (Å²) in [5.41, 5.74) is 0. The van der Waals surface area contributed by atoms with E-state index in [0.29, 0.717) is 29.4 Å². The Morgan fingerprint density at radius 2 is 2.22 bits per heavy atom. The molecular formula is C12H17ClN2O2S. The van der Waals surface area contributed by atoms with Gasteiger partial charge in [0.05, 0.1) is 0 Å². The molecule has 4 nitrogen and oxygen atoms in total. The van der Waals surface area contributed by atoms with Crippen LogP contribution in [0.15, 0.2) is 11.1 Å². The summed E-state index contributed by atoms with van der Waals surface area (Å²) in [5, 5.41) is 1.97. The second-order valence-corrected chi connectivity index (χ2v) is 5.72. The van der Waals surface area contributed by atoms with E-state index in [1.165, 1.54) is 0 Å². The van der Waals surface area contributed by atoms with Crippen LogP contribution in [0.4, 0.5) is 0 Å². The molecule has 0 amide bonds. The van der Waals surface area contributed by atoms with Gasteiger partial charge in [-0.3, -0.25) is 0 Å². The highest BCUT2D eigenvalue weighted by Gasteiger charge is 2.16. The van der Waals surface area contributed by atoms with Crippen molar-refractivity contribution in [3.63, 3.8) is 0 Å². The molecule has 0 saturated carbocycles. The van der Waals surface area contributed by atoms with Crippen LogP contribution in [0.3, 0.4) is 0 Å². The molecule has 2 heterocycles. The van der Waals surface area contributed by atoms with Gasteiger partial charge in [-0.25, -0.2) is 9.97 Å². The topological polar surface area (TPSA) is 44.2 Å². The lowest BCUT2D eigenvalue weighted by molar-refractivity contribution is 0.1000. The molecule has 1 aromatic heterocycles. The fraction of sp³-hybridized carbons (Fsp3) is 0.667. The van der Waals surface area contributed by atoms with E-state index in [9.17, 15) is 0 Å². The molecule has 2 rings (SSSR count). The molecule has 1 aromatic rings. The van der Waals surface area contributed by atoms with Gasteiger partial charge in [-0.1, -0.05) is 11.6 Å². The van der Waals surface area contributed by atoms with E-state index in [0.717, 1.165) is 31.1 Å². The molecule has 0 spiro atoms. The molecule has 0 unspecified atom stereocenters. The third kappa shape index (κ3) is 4.39. The maximum atomic E-state index is 6.00. The molecule has 0 aromatic carbocycles. The van der Waals surface area contributed by atoms with Crippen molar-refractivity contribution in [2.45, 2.75) is 36.6 Å². The summed E-state index contributed by atoms with van der Waals surface area (Å²) in [6, 6.07) is 1.82. The zero-order valence-corrected chi connectivity index (χ0v) is 12.0. The molecule has 1 aliphatic rings. The van der Waals surface area contributed by atoms with Gasteiger partial charge in [0.25, 0.3) is 0 Å². The number of thioether (sulfide) groups is 1. The van der Waals surface area contributed by atoms with Gasteiger partial charge < -0.3 is 9.47 Å². The molecule has 18 heavy (non-hydrogen) atoms. The third-order valence-electron chi connectivity index (χ3n) is 2.61. The molecule has 100 valence electrons. The largest absolute Gasteiger partial charge is 0.381 e. The Balaban J connectivity index is 1.99. The van der Waals surface area contributed by atoms with Crippen LogP contribution in [0.2, 0.25) is 5.15 Å². The summed E-state index contributed by atoms with van der Waals surface area (Å²) >= 11 is 7.76. The Morgan fingerprint density at radius 3 is 2.94 bits per heavy atom. The smallest absolute Gasteiger partial charge is 0.156 e. The highest BCUT2D eigenvalue weighted by Crippen LogP contribution is 2.29. The van der Waals surface area contributed by atoms with Crippen molar-refractivity contribution < 1.29 is 9.47 Å². The molecule has 1 fully saturated rings. The first-order valence-corrected chi connectivity index (χ1v) is 7.39. The molecular weight excluding hydrogens is 272 g/mol. The van der Waals surface area contributed by atoms with Crippen molar-refractivity contribution in [3.8, 4) is 0 Å². The lowest BCUT2D eigenvalue weighted by atomic mass is 10.2. The van der Waals surface area contributed by atoms with E-state index in [-0.39, 0.29) is 0 Å². The highest BCUT2D eigenvalue weighted by molar-refractivity contribution is 7.99. The van der Waals surface area contributed by atoms with Crippen molar-refractivity contribution in [2.75, 3.05) is 19.8 Å². The fourth-order valence-corrected chi connectivity index (χ4v) is 3.10. The first-order valence-electron chi connectivity index (χ1n) is 6.13. The Morgan fingerprint density at radius 1 is 1.44 bits per heavy atom. The number of hydrogen-bond donors (Lipinski definition) is 0. The SMILES string of the molecule is CCOCc1nc(Cl)cc(SC2CCOCC2)n1. The van der Waals surface area contributed by atoms with Gasteiger partial charge in [0.2, 0.25) is 0 Å². The molecule has 1 saturated heterocycles. The second-order valence-electron chi connectivity index (χ2n) is 4.01. The molecule has 1 aliphatic heterocycles. The van der Waals surface area contributed by atoms with Gasteiger partial charge in [-0.15, -0.1) is 11.8 Å². The van der Waals surface area contributed by atoms with E-state index in [2.05, 4.69) is 9.97 Å². The summed E-state index contributed by atoms with van der Waals surface area (Å²) < 4.78 is 10.7. The predicted molar refractivity (Wildman–Crippen MR) is 72.1 cm³/mol. The normalized spacial score (nSPS) is 17.0. The molecule has 0 atom stereocenters. The van der Waals surface area contributed by atoms with Crippen molar-refractivity contribution in [2.24, 2.45) is 0 Å². The Bertz CT molecular complexity index is 386. The van der Waals surface area contributed by atoms with E-state index in [1.807, 2.05) is 13.0 Å². The first-order chi connectivity index (χ1) is 8.78. The number of aromatic nitrogens is 2. The van der Waals surface area contributed by atoms with Gasteiger partial charge in [-0.2, -0.15) is 0 Å². The van der Waals surface area contributed by atoms with Crippen molar-refractivity contribution >= 4 is 23.4 Å². The average Bonchev–Trinajstić information content (AvgIpc) is 2.37. The second kappa shape index (κ2) is 7.28. The van der Waals surface area contributed by atoms with Gasteiger partial charge in [-0.05, 0) is 19.8 Å². The van der Waals surface area contributed by atoms with Crippen molar-refractivity contribution in [1.29, 1.82) is 0 Å². The minimum Gasteiger partial charge on any atom is -0.381 e. The van der Waals surface area contributed by atoms with Crippen LogP contribution in [-0.2, 0) is 16.1 Å². The Hall–Kier alpha value is -0.360. The zero-order chi connectivity index (χ0) is 12.8. The number of nitrogens with zero attached hydrogens (tertiary/aromatic N) is 2. The minimum atomic E-state index is 0.415. The lowest BCUT2D eigenvalue weighted by Gasteiger charge is -2.21. The third-order valence-corrected chi connectivity index (χ3v) is 4.06. The van der Waals surface area contributed by atoms with Gasteiger partial charge in [0.1, 0.15) is 16.8 Å². The van der Waals surface area contributed by atoms with Crippen LogP contribution in [0.1, 0.15) is 25.6 Å². The average molecular weight is 289 g/mol. The molecule has 0 radical (unpaired) electrons. The van der Waals surface area contributed by atoms with E-state index >= 15 is 0 Å². The van der Waals surface area contributed by atoms with Gasteiger partial charge in [0, 0.05) is 31.1 Å². The highest BCUT2D eigenvalue weighted by atomic mass is 35.5. The minimum absolute atomic E-state index is 0.415. The van der Waals surface area contributed by atoms with Crippen LogP contribution in [-0.4, -0.2) is 35.0 Å². The van der Waals surface area contributed by atoms with Crippen molar-refractivity contribution in [3.05, 3.63) is 17.0 Å². The summed E-state index contributed by atoms with van der Waals surface area (Å²) in [4.78, 5) is 8.62. The molecule has 0 bridgehead atoms. The maximum Gasteiger partial charge on any atom is 0.156 e. The quantitative estimate of drug-likeness (QED) is 0.780. The fourth-order valence-electron chi connectivity index (χ4n) is 1.72. The molecule has 0 aliphatic carbocycles. The predicted octanol–water partition coefficient (Wildman–Crippen LogP) is 2.94.